The third-order valence-corrected chi connectivity index (χ3v) is 3.05. The largest absolute Gasteiger partial charge is 0.357 e. The number of H-pyrrole nitrogens is 1. The minimum atomic E-state index is 0.409. The van der Waals surface area contributed by atoms with Crippen molar-refractivity contribution in [2.24, 2.45) is 5.73 Å². The van der Waals surface area contributed by atoms with Crippen molar-refractivity contribution in [3.63, 3.8) is 0 Å². The van der Waals surface area contributed by atoms with E-state index < -0.39 is 0 Å². The van der Waals surface area contributed by atoms with Crippen molar-refractivity contribution in [3.05, 3.63) is 34.5 Å². The topological polar surface area (TPSA) is 41.8 Å². The van der Waals surface area contributed by atoms with Gasteiger partial charge in [0.2, 0.25) is 0 Å². The first-order chi connectivity index (χ1) is 7.13. The molecule has 0 amide bonds. The Morgan fingerprint density at radius 1 is 1.40 bits per heavy atom. The second-order valence-corrected chi connectivity index (χ2v) is 4.47. The number of aromatic amines is 1. The van der Waals surface area contributed by atoms with Crippen molar-refractivity contribution in [1.29, 1.82) is 0 Å². The lowest BCUT2D eigenvalue weighted by molar-refractivity contribution is 0.837. The van der Waals surface area contributed by atoms with Crippen LogP contribution in [0.1, 0.15) is 31.0 Å². The smallest absolute Gasteiger partial charge is 0.0694 e. The number of nitrogens with two attached hydrogens (primary N) is 1. The molecule has 0 fully saturated rings. The number of fused-ring (bicyclic) bond motifs is 1. The van der Waals surface area contributed by atoms with Gasteiger partial charge in [-0.1, -0.05) is 31.5 Å². The van der Waals surface area contributed by atoms with Crippen LogP contribution in [-0.2, 0) is 6.54 Å². The van der Waals surface area contributed by atoms with Gasteiger partial charge in [0.25, 0.3) is 0 Å². The number of nitrogens with one attached hydrogen (secondary N) is 1. The van der Waals surface area contributed by atoms with Crippen LogP contribution in [-0.4, -0.2) is 4.98 Å². The van der Waals surface area contributed by atoms with E-state index in [0.717, 1.165) is 27.2 Å². The highest BCUT2D eigenvalue weighted by atomic mass is 35.5. The van der Waals surface area contributed by atoms with E-state index in [1.54, 1.807) is 0 Å². The van der Waals surface area contributed by atoms with Crippen molar-refractivity contribution >= 4 is 22.5 Å². The third-order valence-electron chi connectivity index (χ3n) is 2.64. The zero-order valence-electron chi connectivity index (χ0n) is 8.97. The molecule has 0 saturated carbocycles. The molecule has 1 aromatic carbocycles. The van der Waals surface area contributed by atoms with E-state index in [0.29, 0.717) is 12.5 Å². The summed E-state index contributed by atoms with van der Waals surface area (Å²) >= 11 is 6.31. The molecule has 0 spiro atoms. The maximum Gasteiger partial charge on any atom is 0.0694 e. The van der Waals surface area contributed by atoms with Crippen molar-refractivity contribution in [2.45, 2.75) is 26.3 Å². The van der Waals surface area contributed by atoms with Gasteiger partial charge < -0.3 is 10.7 Å². The molecule has 0 bridgehead atoms. The van der Waals surface area contributed by atoms with Crippen LogP contribution in [0.15, 0.2) is 18.2 Å². The van der Waals surface area contributed by atoms with Crippen LogP contribution in [0.25, 0.3) is 10.9 Å². The minimum absolute atomic E-state index is 0.409. The number of halogens is 1. The summed E-state index contributed by atoms with van der Waals surface area (Å²) in [5.74, 6) is 0.409. The molecular formula is C12H15ClN2. The fourth-order valence-electron chi connectivity index (χ4n) is 1.75. The molecule has 0 aliphatic carbocycles. The zero-order valence-corrected chi connectivity index (χ0v) is 9.73. The Hall–Kier alpha value is -0.990. The van der Waals surface area contributed by atoms with E-state index in [2.05, 4.69) is 24.9 Å². The summed E-state index contributed by atoms with van der Waals surface area (Å²) in [6, 6.07) is 6.12. The normalized spacial score (nSPS) is 11.5. The molecule has 0 radical (unpaired) electrons. The molecule has 0 aliphatic rings. The molecule has 0 unspecified atom stereocenters. The van der Waals surface area contributed by atoms with Gasteiger partial charge >= 0.3 is 0 Å². The highest BCUT2D eigenvalue weighted by Crippen LogP contribution is 2.32. The monoisotopic (exact) mass is 222 g/mol. The van der Waals surface area contributed by atoms with Gasteiger partial charge in [-0.05, 0) is 23.6 Å². The first-order valence-electron chi connectivity index (χ1n) is 5.13. The molecule has 15 heavy (non-hydrogen) atoms. The Morgan fingerprint density at radius 3 is 2.73 bits per heavy atom. The number of hydrogen-bond donors (Lipinski definition) is 2. The van der Waals surface area contributed by atoms with Crippen molar-refractivity contribution in [2.75, 3.05) is 0 Å². The lowest BCUT2D eigenvalue weighted by atomic mass is 10.1. The molecule has 80 valence electrons. The lowest BCUT2D eigenvalue weighted by Crippen LogP contribution is -1.94. The Bertz CT molecular complexity index is 486. The van der Waals surface area contributed by atoms with Gasteiger partial charge in [-0.3, -0.25) is 0 Å². The van der Waals surface area contributed by atoms with Gasteiger partial charge in [0.1, 0.15) is 0 Å². The molecule has 2 nitrogen and oxygen atoms in total. The molecule has 0 aliphatic heterocycles. The molecular weight excluding hydrogens is 208 g/mol. The van der Waals surface area contributed by atoms with E-state index in [1.165, 1.54) is 0 Å². The van der Waals surface area contributed by atoms with Crippen LogP contribution in [0.5, 0.6) is 0 Å². The van der Waals surface area contributed by atoms with Crippen LogP contribution < -0.4 is 5.73 Å². The average molecular weight is 223 g/mol. The van der Waals surface area contributed by atoms with E-state index >= 15 is 0 Å². The molecule has 1 heterocycles. The Labute approximate surface area is 94.4 Å². The zero-order chi connectivity index (χ0) is 11.0. The quantitative estimate of drug-likeness (QED) is 0.804. The van der Waals surface area contributed by atoms with E-state index in [4.69, 9.17) is 17.3 Å². The van der Waals surface area contributed by atoms with Crippen LogP contribution in [0, 0.1) is 0 Å². The van der Waals surface area contributed by atoms with E-state index in [9.17, 15) is 0 Å². The summed E-state index contributed by atoms with van der Waals surface area (Å²) < 4.78 is 0. The first-order valence-corrected chi connectivity index (χ1v) is 5.51. The molecule has 2 rings (SSSR count). The molecule has 3 N–H and O–H groups in total. The number of rotatable bonds is 2. The maximum absolute atomic E-state index is 6.31. The number of hydrogen-bond acceptors (Lipinski definition) is 1. The fourth-order valence-corrected chi connectivity index (χ4v) is 2.17. The van der Waals surface area contributed by atoms with Gasteiger partial charge in [-0.2, -0.15) is 0 Å². The fraction of sp³-hybridized carbons (Fsp3) is 0.333. The molecule has 2 aromatic rings. The SMILES string of the molecule is CC(C)c1[nH]c2ccc(CN)cc2c1Cl. The Morgan fingerprint density at radius 2 is 2.13 bits per heavy atom. The van der Waals surface area contributed by atoms with Gasteiger partial charge in [-0.25, -0.2) is 0 Å². The third kappa shape index (κ3) is 1.75. The van der Waals surface area contributed by atoms with Crippen molar-refractivity contribution < 1.29 is 0 Å². The van der Waals surface area contributed by atoms with E-state index in [1.807, 2.05) is 12.1 Å². The molecule has 3 heteroatoms. The summed E-state index contributed by atoms with van der Waals surface area (Å²) in [5, 5.41) is 1.90. The van der Waals surface area contributed by atoms with Crippen molar-refractivity contribution in [3.8, 4) is 0 Å². The average Bonchev–Trinajstić information content (AvgIpc) is 2.56. The van der Waals surface area contributed by atoms with Crippen LogP contribution in [0.4, 0.5) is 0 Å². The summed E-state index contributed by atoms with van der Waals surface area (Å²) in [6.45, 7) is 4.80. The van der Waals surface area contributed by atoms with Gasteiger partial charge in [-0.15, -0.1) is 0 Å². The summed E-state index contributed by atoms with van der Waals surface area (Å²) in [6.07, 6.45) is 0. The summed E-state index contributed by atoms with van der Waals surface area (Å²) in [5.41, 5.74) is 8.90. The number of benzene rings is 1. The molecule has 0 saturated heterocycles. The van der Waals surface area contributed by atoms with Crippen LogP contribution in [0.3, 0.4) is 0 Å². The van der Waals surface area contributed by atoms with Crippen molar-refractivity contribution in [1.82, 2.24) is 4.98 Å². The minimum Gasteiger partial charge on any atom is -0.357 e. The summed E-state index contributed by atoms with van der Waals surface area (Å²) in [4.78, 5) is 3.34. The van der Waals surface area contributed by atoms with E-state index in [-0.39, 0.29) is 0 Å². The van der Waals surface area contributed by atoms with Gasteiger partial charge in [0.15, 0.2) is 0 Å². The Balaban J connectivity index is 2.66. The second-order valence-electron chi connectivity index (χ2n) is 4.09. The van der Waals surface area contributed by atoms with Gasteiger partial charge in [0.05, 0.1) is 5.02 Å². The second kappa shape index (κ2) is 3.87. The predicted octanol–water partition coefficient (Wildman–Crippen LogP) is 3.40. The standard InChI is InChI=1S/C12H15ClN2/c1-7(2)12-11(13)9-5-8(6-14)3-4-10(9)15-12/h3-5,7,15H,6,14H2,1-2H3. The maximum atomic E-state index is 6.31. The lowest BCUT2D eigenvalue weighted by Gasteiger charge is -2.00. The Kier molecular flexibility index (Phi) is 2.72. The number of aromatic nitrogens is 1. The highest BCUT2D eigenvalue weighted by molar-refractivity contribution is 6.36. The van der Waals surface area contributed by atoms with Crippen LogP contribution in [0.2, 0.25) is 5.02 Å². The van der Waals surface area contributed by atoms with Gasteiger partial charge in [0, 0.05) is 23.1 Å². The molecule has 0 atom stereocenters. The predicted molar refractivity (Wildman–Crippen MR) is 65.3 cm³/mol. The summed E-state index contributed by atoms with van der Waals surface area (Å²) in [7, 11) is 0. The first kappa shape index (κ1) is 10.5. The molecule has 1 aromatic heterocycles. The van der Waals surface area contributed by atoms with Crippen LogP contribution >= 0.6 is 11.6 Å². The highest BCUT2D eigenvalue weighted by Gasteiger charge is 2.12.